The third kappa shape index (κ3) is 2.43. The third-order valence-electron chi connectivity index (χ3n) is 1.40. The summed E-state index contributed by atoms with van der Waals surface area (Å²) in [6.07, 6.45) is 1.38. The van der Waals surface area contributed by atoms with Gasteiger partial charge in [-0.15, -0.1) is 0 Å². The van der Waals surface area contributed by atoms with Crippen LogP contribution < -0.4 is 5.73 Å². The van der Waals surface area contributed by atoms with Gasteiger partial charge in [0.25, 0.3) is 0 Å². The Hall–Kier alpha value is -1.58. The van der Waals surface area contributed by atoms with Crippen molar-refractivity contribution in [2.45, 2.75) is 20.0 Å². The molecule has 1 aromatic heterocycles. The van der Waals surface area contributed by atoms with E-state index in [1.54, 1.807) is 26.0 Å². The first kappa shape index (κ1) is 9.51. The second-order valence-corrected chi connectivity index (χ2v) is 2.89. The second-order valence-electron chi connectivity index (χ2n) is 2.89. The van der Waals surface area contributed by atoms with Crippen molar-refractivity contribution in [1.29, 1.82) is 0 Å². The molecule has 0 aliphatic heterocycles. The van der Waals surface area contributed by atoms with Gasteiger partial charge >= 0.3 is 5.97 Å². The Balaban J connectivity index is 2.83. The molecule has 0 aromatic carbocycles. The molecule has 0 aliphatic carbocycles. The van der Waals surface area contributed by atoms with Gasteiger partial charge in [-0.3, -0.25) is 0 Å². The van der Waals surface area contributed by atoms with Gasteiger partial charge in [-0.1, -0.05) is 0 Å². The average Bonchev–Trinajstić information content (AvgIpc) is 2.03. The first-order valence-corrected chi connectivity index (χ1v) is 4.02. The molecular weight excluding hydrogens is 168 g/mol. The lowest BCUT2D eigenvalue weighted by Gasteiger charge is -2.08. The Bertz CT molecular complexity index is 310. The highest BCUT2D eigenvalue weighted by Crippen LogP contribution is 2.09. The van der Waals surface area contributed by atoms with Crippen LogP contribution in [0.15, 0.2) is 18.3 Å². The number of nitrogens with two attached hydrogens (primary N) is 1. The monoisotopic (exact) mass is 180 g/mol. The molecule has 0 saturated carbocycles. The predicted octanol–water partition coefficient (Wildman–Crippen LogP) is 1.23. The number of aromatic nitrogens is 1. The molecule has 0 bridgehead atoms. The summed E-state index contributed by atoms with van der Waals surface area (Å²) >= 11 is 0. The van der Waals surface area contributed by atoms with E-state index in [9.17, 15) is 4.79 Å². The maximum Gasteiger partial charge on any atom is 0.342 e. The molecule has 0 fully saturated rings. The first-order chi connectivity index (χ1) is 6.11. The van der Waals surface area contributed by atoms with E-state index in [2.05, 4.69) is 4.98 Å². The number of esters is 1. The number of anilines is 1. The number of pyridine rings is 1. The van der Waals surface area contributed by atoms with Crippen molar-refractivity contribution in [3.8, 4) is 0 Å². The highest BCUT2D eigenvalue weighted by atomic mass is 16.5. The number of rotatable bonds is 2. The van der Waals surface area contributed by atoms with Gasteiger partial charge in [0.15, 0.2) is 0 Å². The summed E-state index contributed by atoms with van der Waals surface area (Å²) in [7, 11) is 0. The molecule has 0 spiro atoms. The normalized spacial score (nSPS) is 10.1. The molecule has 1 aromatic rings. The molecule has 0 amide bonds. The largest absolute Gasteiger partial charge is 0.459 e. The van der Waals surface area contributed by atoms with Crippen LogP contribution in [0.2, 0.25) is 0 Å². The van der Waals surface area contributed by atoms with E-state index in [4.69, 9.17) is 10.5 Å². The molecule has 1 heterocycles. The average molecular weight is 180 g/mol. The van der Waals surface area contributed by atoms with Crippen LogP contribution in [0.1, 0.15) is 24.2 Å². The summed E-state index contributed by atoms with van der Waals surface area (Å²) in [6.45, 7) is 3.56. The maximum atomic E-state index is 11.3. The number of hydrogen-bond acceptors (Lipinski definition) is 4. The van der Waals surface area contributed by atoms with Gasteiger partial charge < -0.3 is 10.5 Å². The minimum Gasteiger partial charge on any atom is -0.459 e. The van der Waals surface area contributed by atoms with Crippen LogP contribution in [0.5, 0.6) is 0 Å². The number of ether oxygens (including phenoxy) is 1. The molecule has 2 N–H and O–H groups in total. The molecule has 0 radical (unpaired) electrons. The minimum absolute atomic E-state index is 0.146. The number of nitrogen functional groups attached to an aromatic ring is 1. The van der Waals surface area contributed by atoms with E-state index in [0.29, 0.717) is 5.56 Å². The highest BCUT2D eigenvalue weighted by Gasteiger charge is 2.12. The molecule has 70 valence electrons. The quantitative estimate of drug-likeness (QED) is 0.695. The van der Waals surface area contributed by atoms with Crippen molar-refractivity contribution in [2.75, 3.05) is 5.73 Å². The lowest BCUT2D eigenvalue weighted by molar-refractivity contribution is 0.0379. The minimum atomic E-state index is -0.430. The van der Waals surface area contributed by atoms with E-state index in [-0.39, 0.29) is 11.9 Å². The summed E-state index contributed by atoms with van der Waals surface area (Å²) in [5.74, 6) is -0.228. The predicted molar refractivity (Wildman–Crippen MR) is 49.2 cm³/mol. The van der Waals surface area contributed by atoms with Crippen molar-refractivity contribution in [3.63, 3.8) is 0 Å². The summed E-state index contributed by atoms with van der Waals surface area (Å²) in [5.41, 5.74) is 5.80. The number of hydrogen-bond donors (Lipinski definition) is 1. The lowest BCUT2D eigenvalue weighted by atomic mass is 10.2. The third-order valence-corrected chi connectivity index (χ3v) is 1.40. The van der Waals surface area contributed by atoms with Crippen LogP contribution in [0.4, 0.5) is 5.82 Å². The van der Waals surface area contributed by atoms with Crippen LogP contribution in [-0.2, 0) is 4.74 Å². The summed E-state index contributed by atoms with van der Waals surface area (Å²) in [4.78, 5) is 15.1. The molecule has 13 heavy (non-hydrogen) atoms. The molecule has 4 nitrogen and oxygen atoms in total. The number of carbonyl (C=O) groups is 1. The topological polar surface area (TPSA) is 65.2 Å². The molecule has 0 aliphatic rings. The lowest BCUT2D eigenvalue weighted by Crippen LogP contribution is -2.13. The van der Waals surface area contributed by atoms with Crippen molar-refractivity contribution in [1.82, 2.24) is 4.98 Å². The second kappa shape index (κ2) is 3.89. The van der Waals surface area contributed by atoms with Crippen molar-refractivity contribution >= 4 is 11.8 Å². The van der Waals surface area contributed by atoms with Gasteiger partial charge in [0, 0.05) is 6.20 Å². The maximum absolute atomic E-state index is 11.3. The first-order valence-electron chi connectivity index (χ1n) is 4.02. The van der Waals surface area contributed by atoms with Gasteiger partial charge in [-0.2, -0.15) is 0 Å². The fourth-order valence-electron chi connectivity index (χ4n) is 0.868. The zero-order valence-electron chi connectivity index (χ0n) is 7.65. The van der Waals surface area contributed by atoms with Crippen LogP contribution in [0, 0.1) is 0 Å². The van der Waals surface area contributed by atoms with E-state index in [1.165, 1.54) is 6.20 Å². The van der Waals surface area contributed by atoms with Crippen molar-refractivity contribution in [2.24, 2.45) is 0 Å². The Morgan fingerprint density at radius 2 is 2.31 bits per heavy atom. The van der Waals surface area contributed by atoms with E-state index in [1.807, 2.05) is 0 Å². The SMILES string of the molecule is CC(C)OC(=O)c1cccnc1N. The smallest absolute Gasteiger partial charge is 0.342 e. The molecule has 4 heteroatoms. The van der Waals surface area contributed by atoms with E-state index in [0.717, 1.165) is 0 Å². The fraction of sp³-hybridized carbons (Fsp3) is 0.333. The van der Waals surface area contributed by atoms with Crippen LogP contribution in [-0.4, -0.2) is 17.1 Å². The highest BCUT2D eigenvalue weighted by molar-refractivity contribution is 5.94. The van der Waals surface area contributed by atoms with Gasteiger partial charge in [0.2, 0.25) is 0 Å². The van der Waals surface area contributed by atoms with Gasteiger partial charge in [0.05, 0.1) is 6.10 Å². The Labute approximate surface area is 76.7 Å². The van der Waals surface area contributed by atoms with Gasteiger partial charge in [0.1, 0.15) is 11.4 Å². The zero-order chi connectivity index (χ0) is 9.84. The summed E-state index contributed by atoms with van der Waals surface area (Å²) in [5, 5.41) is 0. The summed E-state index contributed by atoms with van der Waals surface area (Å²) in [6, 6.07) is 3.24. The Kier molecular flexibility index (Phi) is 2.84. The van der Waals surface area contributed by atoms with Gasteiger partial charge in [-0.05, 0) is 26.0 Å². The van der Waals surface area contributed by atoms with Crippen LogP contribution >= 0.6 is 0 Å². The zero-order valence-corrected chi connectivity index (χ0v) is 7.65. The van der Waals surface area contributed by atoms with E-state index >= 15 is 0 Å². The van der Waals surface area contributed by atoms with Crippen LogP contribution in [0.3, 0.4) is 0 Å². The van der Waals surface area contributed by atoms with E-state index < -0.39 is 5.97 Å². The molecular formula is C9H12N2O2. The standard InChI is InChI=1S/C9H12N2O2/c1-6(2)13-9(12)7-4-3-5-11-8(7)10/h3-6H,1-2H3,(H2,10,11). The molecule has 1 rings (SSSR count). The van der Waals surface area contributed by atoms with Gasteiger partial charge in [-0.25, -0.2) is 9.78 Å². The number of nitrogens with zero attached hydrogens (tertiary/aromatic N) is 1. The van der Waals surface area contributed by atoms with Crippen molar-refractivity contribution in [3.05, 3.63) is 23.9 Å². The number of carbonyl (C=O) groups excluding carboxylic acids is 1. The Morgan fingerprint density at radius 1 is 1.62 bits per heavy atom. The van der Waals surface area contributed by atoms with Crippen LogP contribution in [0.25, 0.3) is 0 Å². The molecule has 0 unspecified atom stereocenters. The molecule has 0 atom stereocenters. The summed E-state index contributed by atoms with van der Waals surface area (Å²) < 4.78 is 4.96. The Morgan fingerprint density at radius 3 is 2.85 bits per heavy atom. The van der Waals surface area contributed by atoms with Crippen molar-refractivity contribution < 1.29 is 9.53 Å². The molecule has 0 saturated heterocycles. The fourth-order valence-corrected chi connectivity index (χ4v) is 0.868.